The van der Waals surface area contributed by atoms with E-state index < -0.39 is 48.6 Å². The van der Waals surface area contributed by atoms with Crippen LogP contribution in [0.2, 0.25) is 0 Å². The fourth-order valence-electron chi connectivity index (χ4n) is 1.95. The van der Waals surface area contributed by atoms with Gasteiger partial charge in [-0.1, -0.05) is 34.1 Å². The zero-order valence-electron chi connectivity index (χ0n) is 13.0. The fourth-order valence-corrected chi connectivity index (χ4v) is 2.43. The number of benzene rings is 1. The molecule has 0 unspecified atom stereocenters. The van der Waals surface area contributed by atoms with E-state index in [4.69, 9.17) is 0 Å². The predicted molar refractivity (Wildman–Crippen MR) is 73.3 cm³/mol. The van der Waals surface area contributed by atoms with E-state index in [1.54, 1.807) is 0 Å². The number of rotatable bonds is 7. The van der Waals surface area contributed by atoms with Gasteiger partial charge in [-0.2, -0.15) is 57.1 Å². The lowest BCUT2D eigenvalue weighted by molar-refractivity contribution is -0.440. The van der Waals surface area contributed by atoms with Gasteiger partial charge in [-0.3, -0.25) is 0 Å². The molecule has 0 amide bonds. The molecule has 14 heteroatoms. The summed E-state index contributed by atoms with van der Waals surface area (Å²) in [4.78, 5) is 0. The van der Waals surface area contributed by atoms with Crippen LogP contribution < -0.4 is 0 Å². The van der Waals surface area contributed by atoms with Crippen LogP contribution in [-0.4, -0.2) is 35.8 Å². The summed E-state index contributed by atoms with van der Waals surface area (Å²) in [5, 5.41) is 0. The van der Waals surface area contributed by atoms with Gasteiger partial charge in [-0.05, 0) is 18.1 Å². The molecule has 0 fully saturated rings. The van der Waals surface area contributed by atoms with E-state index in [9.17, 15) is 57.1 Å². The molecule has 162 valence electrons. The molecule has 0 N–H and O–H groups in total. The lowest BCUT2D eigenvalue weighted by Gasteiger charge is -2.39. The van der Waals surface area contributed by atoms with Crippen LogP contribution in [0.15, 0.2) is 28.7 Å². The van der Waals surface area contributed by atoms with Gasteiger partial charge in [0.2, 0.25) is 0 Å². The van der Waals surface area contributed by atoms with Crippen molar-refractivity contribution < 1.29 is 57.1 Å². The molecule has 0 bridgehead atoms. The molecule has 0 spiro atoms. The summed E-state index contributed by atoms with van der Waals surface area (Å²) >= 11 is 2.81. The Hall–Kier alpha value is -1.21. The van der Waals surface area contributed by atoms with Crippen molar-refractivity contribution in [2.45, 2.75) is 48.6 Å². The molecular weight excluding hydrogens is 495 g/mol. The van der Waals surface area contributed by atoms with Gasteiger partial charge in [0.1, 0.15) is 0 Å². The minimum atomic E-state index is -7.86. The van der Waals surface area contributed by atoms with E-state index in [1.807, 2.05) is 0 Å². The van der Waals surface area contributed by atoms with Crippen molar-refractivity contribution in [3.8, 4) is 0 Å². The molecule has 0 aliphatic heterocycles. The normalized spacial score (nSPS) is 15.1. The Kier molecular flexibility index (Phi) is 6.42. The van der Waals surface area contributed by atoms with Crippen LogP contribution in [0.25, 0.3) is 0 Å². The third kappa shape index (κ3) is 3.80. The summed E-state index contributed by atoms with van der Waals surface area (Å²) in [5.74, 6) is -36.6. The average Bonchev–Trinajstić information content (AvgIpc) is 2.52. The van der Waals surface area contributed by atoms with Gasteiger partial charge in [0.25, 0.3) is 0 Å². The van der Waals surface area contributed by atoms with Crippen molar-refractivity contribution in [3.05, 3.63) is 34.3 Å². The molecule has 0 heterocycles. The number of aryl methyl sites for hydroxylation is 1. The Morgan fingerprint density at radius 1 is 0.607 bits per heavy atom. The lowest BCUT2D eigenvalue weighted by Crippen LogP contribution is -2.70. The molecule has 0 aliphatic carbocycles. The second-order valence-corrected chi connectivity index (χ2v) is 6.45. The molecule has 0 radical (unpaired) electrons. The molecule has 0 atom stereocenters. The van der Waals surface area contributed by atoms with Crippen molar-refractivity contribution in [2.75, 3.05) is 0 Å². The Bertz CT molecular complexity index is 693. The molecule has 1 aromatic rings. The summed E-state index contributed by atoms with van der Waals surface area (Å²) < 4.78 is 168. The molecular formula is C14H8BrF13. The molecule has 0 nitrogen and oxygen atoms in total. The van der Waals surface area contributed by atoms with Gasteiger partial charge in [0.05, 0.1) is 0 Å². The first-order valence-electron chi connectivity index (χ1n) is 6.93. The smallest absolute Gasteiger partial charge is 0.200 e. The molecule has 0 aromatic heterocycles. The number of halogens is 14. The SMILES string of the molecule is FC(F)(F)C(F)(F)C(F)(F)C(F)(F)C(F)(F)C(F)(F)CCc1ccccc1Br. The van der Waals surface area contributed by atoms with Crippen LogP contribution in [0, 0.1) is 0 Å². The van der Waals surface area contributed by atoms with E-state index >= 15 is 0 Å². The summed E-state index contributed by atoms with van der Waals surface area (Å²) in [6, 6.07) is 4.89. The Morgan fingerprint density at radius 3 is 1.46 bits per heavy atom. The maximum Gasteiger partial charge on any atom is 0.460 e. The maximum atomic E-state index is 13.6. The third-order valence-corrected chi connectivity index (χ3v) is 4.44. The van der Waals surface area contributed by atoms with Gasteiger partial charge < -0.3 is 0 Å². The van der Waals surface area contributed by atoms with Crippen LogP contribution in [0.4, 0.5) is 57.1 Å². The van der Waals surface area contributed by atoms with Crippen molar-refractivity contribution >= 4 is 15.9 Å². The quantitative estimate of drug-likeness (QED) is 0.348. The molecule has 28 heavy (non-hydrogen) atoms. The zero-order valence-corrected chi connectivity index (χ0v) is 14.6. The highest BCUT2D eigenvalue weighted by Crippen LogP contribution is 2.60. The molecule has 0 aliphatic rings. The highest BCUT2D eigenvalue weighted by molar-refractivity contribution is 9.10. The molecule has 1 rings (SSSR count). The van der Waals surface area contributed by atoms with Crippen LogP contribution in [-0.2, 0) is 6.42 Å². The first kappa shape index (κ1) is 24.8. The van der Waals surface area contributed by atoms with Gasteiger partial charge in [0, 0.05) is 10.9 Å². The second kappa shape index (κ2) is 7.24. The Balaban J connectivity index is 3.27. The monoisotopic (exact) mass is 502 g/mol. The number of alkyl halides is 13. The van der Waals surface area contributed by atoms with E-state index in [2.05, 4.69) is 15.9 Å². The second-order valence-electron chi connectivity index (χ2n) is 5.59. The van der Waals surface area contributed by atoms with E-state index in [1.165, 1.54) is 18.2 Å². The standard InChI is InChI=1S/C14H8BrF13/c15-8-4-2-1-3-7(8)5-6-9(16,17)10(18,19)11(20,21)12(22,23)13(24,25)14(26,27)28/h1-4H,5-6H2. The average molecular weight is 503 g/mol. The van der Waals surface area contributed by atoms with Gasteiger partial charge in [-0.15, -0.1) is 0 Å². The van der Waals surface area contributed by atoms with Crippen LogP contribution in [0.3, 0.4) is 0 Å². The summed E-state index contributed by atoms with van der Waals surface area (Å²) in [6.07, 6.45) is -10.8. The molecule has 0 saturated heterocycles. The molecule has 0 saturated carbocycles. The first-order valence-corrected chi connectivity index (χ1v) is 7.72. The lowest BCUT2D eigenvalue weighted by atomic mass is 9.91. The maximum absolute atomic E-state index is 13.6. The summed E-state index contributed by atoms with van der Waals surface area (Å²) in [7, 11) is 0. The number of hydrogen-bond donors (Lipinski definition) is 0. The van der Waals surface area contributed by atoms with Crippen LogP contribution in [0.1, 0.15) is 12.0 Å². The summed E-state index contributed by atoms with van der Waals surface area (Å²) in [6.45, 7) is 0. The largest absolute Gasteiger partial charge is 0.460 e. The Labute approximate surface area is 156 Å². The van der Waals surface area contributed by atoms with Crippen molar-refractivity contribution in [2.24, 2.45) is 0 Å². The first-order chi connectivity index (χ1) is 12.2. The summed E-state index contributed by atoms with van der Waals surface area (Å²) in [5.41, 5.74) is -0.159. The highest BCUT2D eigenvalue weighted by atomic mass is 79.9. The molecule has 1 aromatic carbocycles. The topological polar surface area (TPSA) is 0 Å². The minimum absolute atomic E-state index is 0.0508. The van der Waals surface area contributed by atoms with Crippen molar-refractivity contribution in [1.82, 2.24) is 0 Å². The van der Waals surface area contributed by atoms with Crippen molar-refractivity contribution in [3.63, 3.8) is 0 Å². The number of hydrogen-bond acceptors (Lipinski definition) is 0. The van der Waals surface area contributed by atoms with E-state index in [0.717, 1.165) is 6.07 Å². The van der Waals surface area contributed by atoms with E-state index in [-0.39, 0.29) is 10.0 Å². The van der Waals surface area contributed by atoms with Crippen LogP contribution in [0.5, 0.6) is 0 Å². The zero-order chi connectivity index (χ0) is 22.4. The minimum Gasteiger partial charge on any atom is -0.200 e. The Morgan fingerprint density at radius 2 is 1.04 bits per heavy atom. The van der Waals surface area contributed by atoms with Gasteiger partial charge in [0.15, 0.2) is 0 Å². The van der Waals surface area contributed by atoms with Crippen molar-refractivity contribution in [1.29, 1.82) is 0 Å². The third-order valence-electron chi connectivity index (χ3n) is 3.66. The van der Waals surface area contributed by atoms with E-state index in [0.29, 0.717) is 0 Å². The predicted octanol–water partition coefficient (Wildman–Crippen LogP) is 7.12. The fraction of sp³-hybridized carbons (Fsp3) is 0.571. The highest BCUT2D eigenvalue weighted by Gasteiger charge is 2.90. The van der Waals surface area contributed by atoms with Gasteiger partial charge >= 0.3 is 35.8 Å². The van der Waals surface area contributed by atoms with Crippen LogP contribution >= 0.6 is 15.9 Å². The van der Waals surface area contributed by atoms with Gasteiger partial charge in [-0.25, -0.2) is 0 Å².